The zero-order chi connectivity index (χ0) is 25.1. The van der Waals surface area contributed by atoms with Crippen LogP contribution in [0.25, 0.3) is 16.6 Å². The molecular weight excluding hydrogens is 457 g/mol. The van der Waals surface area contributed by atoms with E-state index in [2.05, 4.69) is 20.5 Å². The maximum atomic E-state index is 13.6. The summed E-state index contributed by atoms with van der Waals surface area (Å²) in [5.41, 5.74) is 19.6. The number of amides is 2. The number of rotatable bonds is 8. The monoisotopic (exact) mass is 481 g/mol. The van der Waals surface area contributed by atoms with Gasteiger partial charge in [0.25, 0.3) is 11.8 Å². The van der Waals surface area contributed by atoms with E-state index in [4.69, 9.17) is 26.7 Å². The van der Waals surface area contributed by atoms with Gasteiger partial charge in [0.15, 0.2) is 0 Å². The predicted molar refractivity (Wildman–Crippen MR) is 127 cm³/mol. The molecule has 0 radical (unpaired) electrons. The molecule has 1 saturated heterocycles. The second-order valence-electron chi connectivity index (χ2n) is 7.82. The second-order valence-corrected chi connectivity index (χ2v) is 7.82. The van der Waals surface area contributed by atoms with Crippen molar-refractivity contribution in [3.63, 3.8) is 0 Å². The fourth-order valence-corrected chi connectivity index (χ4v) is 3.69. The number of nitrogens with one attached hydrogen (secondary N) is 2. The molecule has 12 heteroatoms. The van der Waals surface area contributed by atoms with E-state index < -0.39 is 17.6 Å². The van der Waals surface area contributed by atoms with Crippen molar-refractivity contribution in [3.8, 4) is 5.75 Å². The zero-order valence-electron chi connectivity index (χ0n) is 18.8. The SMILES string of the molecule is COc1ccc(F)cc1C(=O)NCc1ccc(/C(N)=C(\C(N)=O)C(N)=NC2COC2)c2cn[nH]c12. The first kappa shape index (κ1) is 23.7. The molecule has 2 amide bonds. The van der Waals surface area contributed by atoms with Crippen molar-refractivity contribution >= 4 is 34.2 Å². The number of nitrogens with zero attached hydrogens (tertiary/aromatic N) is 2. The Morgan fingerprint density at radius 2 is 2.00 bits per heavy atom. The van der Waals surface area contributed by atoms with Gasteiger partial charge in [-0.2, -0.15) is 5.10 Å². The lowest BCUT2D eigenvalue weighted by molar-refractivity contribution is -0.114. The average molecular weight is 481 g/mol. The van der Waals surface area contributed by atoms with Gasteiger partial charge in [0.05, 0.1) is 49.3 Å². The number of methoxy groups -OCH3 is 1. The van der Waals surface area contributed by atoms with E-state index in [0.29, 0.717) is 35.2 Å². The Bertz CT molecular complexity index is 1360. The summed E-state index contributed by atoms with van der Waals surface area (Å²) in [6, 6.07) is 6.90. The van der Waals surface area contributed by atoms with Crippen molar-refractivity contribution in [3.05, 3.63) is 64.6 Å². The number of ether oxygens (including phenoxy) is 2. The number of primary amides is 1. The lowest BCUT2D eigenvalue weighted by Crippen LogP contribution is -2.36. The van der Waals surface area contributed by atoms with Crippen LogP contribution in [0.15, 0.2) is 47.1 Å². The minimum absolute atomic E-state index is 0.0467. The quantitative estimate of drug-likeness (QED) is 0.177. The van der Waals surface area contributed by atoms with Gasteiger partial charge >= 0.3 is 0 Å². The molecule has 2 heterocycles. The van der Waals surface area contributed by atoms with Crippen molar-refractivity contribution in [1.29, 1.82) is 0 Å². The third-order valence-corrected chi connectivity index (χ3v) is 5.55. The Balaban J connectivity index is 1.64. The van der Waals surface area contributed by atoms with Gasteiger partial charge in [-0.15, -0.1) is 0 Å². The fraction of sp³-hybridized carbons (Fsp3) is 0.217. The molecule has 2 aromatic carbocycles. The predicted octanol–water partition coefficient (Wildman–Crippen LogP) is 0.552. The number of aromatic nitrogens is 2. The molecule has 4 rings (SSSR count). The summed E-state index contributed by atoms with van der Waals surface area (Å²) in [6.07, 6.45) is 1.53. The molecule has 3 aromatic rings. The summed E-state index contributed by atoms with van der Waals surface area (Å²) >= 11 is 0. The van der Waals surface area contributed by atoms with Crippen LogP contribution in [0.3, 0.4) is 0 Å². The van der Waals surface area contributed by atoms with Crippen LogP contribution >= 0.6 is 0 Å². The normalized spacial score (nSPS) is 14.9. The molecule has 35 heavy (non-hydrogen) atoms. The van der Waals surface area contributed by atoms with E-state index in [1.807, 2.05) is 0 Å². The molecule has 1 fully saturated rings. The fourth-order valence-electron chi connectivity index (χ4n) is 3.69. The van der Waals surface area contributed by atoms with Crippen LogP contribution in [0.1, 0.15) is 21.5 Å². The number of fused-ring (bicyclic) bond motifs is 1. The largest absolute Gasteiger partial charge is 0.496 e. The van der Waals surface area contributed by atoms with Crippen LogP contribution in [-0.2, 0) is 16.1 Å². The first-order valence-electron chi connectivity index (χ1n) is 10.6. The molecule has 11 nitrogen and oxygen atoms in total. The number of hydrogen-bond acceptors (Lipinski definition) is 7. The Kier molecular flexibility index (Phi) is 6.64. The lowest BCUT2D eigenvalue weighted by Gasteiger charge is -2.22. The number of nitrogens with two attached hydrogens (primary N) is 3. The van der Waals surface area contributed by atoms with E-state index in [1.54, 1.807) is 12.1 Å². The van der Waals surface area contributed by atoms with Crippen molar-refractivity contribution in [2.24, 2.45) is 22.2 Å². The van der Waals surface area contributed by atoms with E-state index in [0.717, 1.165) is 6.07 Å². The smallest absolute Gasteiger partial charge is 0.255 e. The van der Waals surface area contributed by atoms with Crippen LogP contribution < -0.4 is 27.3 Å². The number of carbonyl (C=O) groups excluding carboxylic acids is 2. The number of amidine groups is 1. The van der Waals surface area contributed by atoms with Gasteiger partial charge in [-0.05, 0) is 23.8 Å². The molecule has 0 aliphatic carbocycles. The molecular formula is C23H24FN7O4. The molecule has 0 atom stereocenters. The molecule has 0 bridgehead atoms. The third-order valence-electron chi connectivity index (χ3n) is 5.55. The van der Waals surface area contributed by atoms with Crippen molar-refractivity contribution in [2.75, 3.05) is 20.3 Å². The number of halogens is 1. The van der Waals surface area contributed by atoms with Crippen molar-refractivity contribution < 1.29 is 23.5 Å². The average Bonchev–Trinajstić information content (AvgIpc) is 3.29. The Morgan fingerprint density at radius 1 is 1.23 bits per heavy atom. The third kappa shape index (κ3) is 4.77. The van der Waals surface area contributed by atoms with Gasteiger partial charge in [-0.25, -0.2) is 4.39 Å². The number of benzene rings is 2. The van der Waals surface area contributed by atoms with Gasteiger partial charge in [-0.3, -0.25) is 19.7 Å². The summed E-state index contributed by atoms with van der Waals surface area (Å²) in [4.78, 5) is 29.1. The first-order valence-corrected chi connectivity index (χ1v) is 10.6. The highest BCUT2D eigenvalue weighted by atomic mass is 19.1. The summed E-state index contributed by atoms with van der Waals surface area (Å²) in [5.74, 6) is -1.72. The van der Waals surface area contributed by atoms with Crippen molar-refractivity contribution in [1.82, 2.24) is 15.5 Å². The Morgan fingerprint density at radius 3 is 2.66 bits per heavy atom. The van der Waals surface area contributed by atoms with E-state index in [9.17, 15) is 14.0 Å². The highest BCUT2D eigenvalue weighted by Crippen LogP contribution is 2.27. The minimum Gasteiger partial charge on any atom is -0.496 e. The molecule has 1 aliphatic heterocycles. The number of hydrogen-bond donors (Lipinski definition) is 5. The second kappa shape index (κ2) is 9.81. The molecule has 182 valence electrons. The Labute approximate surface area is 199 Å². The standard InChI is InChI=1S/C23H24FN7O4/c1-34-17-5-3-12(24)6-15(17)23(33)28-7-11-2-4-14(16-8-29-31-20(11)16)19(25)18(22(27)32)21(26)30-13-9-35-10-13/h2-6,8,13H,7,9-10,25H2,1H3,(H2,26,30)(H2,27,32)(H,28,33)(H,29,31)/b19-18+. The maximum absolute atomic E-state index is 13.6. The van der Waals surface area contributed by atoms with Gasteiger partial charge in [0.1, 0.15) is 23.0 Å². The summed E-state index contributed by atoms with van der Waals surface area (Å²) in [7, 11) is 1.40. The number of aromatic amines is 1. The van der Waals surface area contributed by atoms with Crippen LogP contribution in [0.4, 0.5) is 4.39 Å². The lowest BCUT2D eigenvalue weighted by atomic mass is 9.99. The van der Waals surface area contributed by atoms with Crippen molar-refractivity contribution in [2.45, 2.75) is 12.6 Å². The molecule has 8 N–H and O–H groups in total. The van der Waals surface area contributed by atoms with Crippen LogP contribution in [0, 0.1) is 5.82 Å². The van der Waals surface area contributed by atoms with Gasteiger partial charge in [0.2, 0.25) is 0 Å². The Hall–Kier alpha value is -4.45. The molecule has 0 unspecified atom stereocenters. The number of H-pyrrole nitrogens is 1. The minimum atomic E-state index is -0.819. The zero-order valence-corrected chi connectivity index (χ0v) is 18.8. The van der Waals surface area contributed by atoms with Gasteiger partial charge in [0, 0.05) is 17.5 Å². The highest BCUT2D eigenvalue weighted by molar-refractivity contribution is 6.25. The summed E-state index contributed by atoms with van der Waals surface area (Å²) < 4.78 is 23.9. The van der Waals surface area contributed by atoms with Crippen LogP contribution in [0.5, 0.6) is 5.75 Å². The number of carbonyl (C=O) groups is 2. The van der Waals surface area contributed by atoms with Gasteiger partial charge < -0.3 is 32.0 Å². The highest BCUT2D eigenvalue weighted by Gasteiger charge is 2.23. The van der Waals surface area contributed by atoms with Crippen LogP contribution in [0.2, 0.25) is 0 Å². The first-order chi connectivity index (χ1) is 16.8. The van der Waals surface area contributed by atoms with E-state index in [-0.39, 0.29) is 41.0 Å². The topological polar surface area (TPSA) is 184 Å². The maximum Gasteiger partial charge on any atom is 0.255 e. The molecule has 0 spiro atoms. The number of aliphatic imine (C=N–C) groups is 1. The molecule has 1 aliphatic rings. The van der Waals surface area contributed by atoms with Gasteiger partial charge in [-0.1, -0.05) is 12.1 Å². The summed E-state index contributed by atoms with van der Waals surface area (Å²) in [6.45, 7) is 0.899. The summed E-state index contributed by atoms with van der Waals surface area (Å²) in [5, 5.41) is 10.3. The molecule has 1 aromatic heterocycles. The van der Waals surface area contributed by atoms with E-state index >= 15 is 0 Å². The van der Waals surface area contributed by atoms with E-state index in [1.165, 1.54) is 25.4 Å². The molecule has 0 saturated carbocycles. The van der Waals surface area contributed by atoms with Crippen LogP contribution in [-0.4, -0.2) is 54.2 Å².